The molecule has 1 amide bonds. The predicted octanol–water partition coefficient (Wildman–Crippen LogP) is 1.59. The van der Waals surface area contributed by atoms with Gasteiger partial charge >= 0.3 is 0 Å². The van der Waals surface area contributed by atoms with Gasteiger partial charge in [-0.2, -0.15) is 0 Å². The molecule has 140 valence electrons. The molecule has 1 aliphatic rings. The van der Waals surface area contributed by atoms with Crippen molar-refractivity contribution in [3.05, 3.63) is 29.6 Å². The van der Waals surface area contributed by atoms with Crippen LogP contribution in [-0.4, -0.2) is 43.6 Å². The van der Waals surface area contributed by atoms with E-state index in [9.17, 15) is 22.7 Å². The number of rotatable bonds is 7. The number of carbonyl (C=O) groups is 1. The van der Waals surface area contributed by atoms with Crippen molar-refractivity contribution in [1.29, 1.82) is 0 Å². The van der Waals surface area contributed by atoms with E-state index in [-0.39, 0.29) is 5.92 Å². The van der Waals surface area contributed by atoms with E-state index in [0.29, 0.717) is 24.2 Å². The number of ether oxygens (including phenoxy) is 1. The van der Waals surface area contributed by atoms with Gasteiger partial charge in [-0.15, -0.1) is 0 Å². The van der Waals surface area contributed by atoms with Crippen molar-refractivity contribution in [2.45, 2.75) is 44.1 Å². The van der Waals surface area contributed by atoms with Gasteiger partial charge in [-0.25, -0.2) is 12.8 Å². The van der Waals surface area contributed by atoms with Crippen molar-refractivity contribution in [3.8, 4) is 5.75 Å². The standard InChI is InChI=1S/C17H24FNO5S/c1-10(2)25(22,23)9-16(21)19-17(11-6-13(20)7-11)14-8-12(18)4-5-15(14)24-3/h4-5,8,10-11,13,17,20H,6-7,9H2,1-3H3,(H,19,21)/t11?,13?,17-/m0/s1. The second-order valence-corrected chi connectivity index (χ2v) is 9.23. The van der Waals surface area contributed by atoms with E-state index in [4.69, 9.17) is 4.74 Å². The summed E-state index contributed by atoms with van der Waals surface area (Å²) in [6.07, 6.45) is 0.423. The molecule has 2 N–H and O–H groups in total. The summed E-state index contributed by atoms with van der Waals surface area (Å²) in [5, 5.41) is 11.6. The number of sulfone groups is 1. The predicted molar refractivity (Wildman–Crippen MR) is 91.5 cm³/mol. The second-order valence-electron chi connectivity index (χ2n) is 6.67. The van der Waals surface area contributed by atoms with Crippen molar-refractivity contribution in [3.63, 3.8) is 0 Å². The van der Waals surface area contributed by atoms with Crippen LogP contribution >= 0.6 is 0 Å². The SMILES string of the molecule is COc1ccc(F)cc1[C@@H](NC(=O)CS(=O)(=O)C(C)C)C1CC(O)C1. The molecule has 0 spiro atoms. The van der Waals surface area contributed by atoms with Crippen molar-refractivity contribution >= 4 is 15.7 Å². The molecule has 8 heteroatoms. The quantitative estimate of drug-likeness (QED) is 0.757. The number of nitrogens with one attached hydrogen (secondary N) is 1. The maximum atomic E-state index is 13.7. The zero-order valence-electron chi connectivity index (χ0n) is 14.5. The average molecular weight is 373 g/mol. The molecule has 6 nitrogen and oxygen atoms in total. The number of halogens is 1. The van der Waals surface area contributed by atoms with Crippen LogP contribution in [0.2, 0.25) is 0 Å². The first-order valence-electron chi connectivity index (χ1n) is 8.16. The minimum atomic E-state index is -3.54. The summed E-state index contributed by atoms with van der Waals surface area (Å²) in [4.78, 5) is 12.3. The molecular formula is C17H24FNO5S. The van der Waals surface area contributed by atoms with E-state index < -0.39 is 44.7 Å². The Morgan fingerprint density at radius 2 is 2.04 bits per heavy atom. The van der Waals surface area contributed by atoms with Crippen LogP contribution in [0.4, 0.5) is 4.39 Å². The zero-order valence-corrected chi connectivity index (χ0v) is 15.3. The molecule has 0 radical (unpaired) electrons. The average Bonchev–Trinajstić information content (AvgIpc) is 2.49. The van der Waals surface area contributed by atoms with Gasteiger partial charge in [0.05, 0.1) is 24.5 Å². The normalized spacial score (nSPS) is 21.5. The van der Waals surface area contributed by atoms with Crippen LogP contribution in [0, 0.1) is 11.7 Å². The van der Waals surface area contributed by atoms with E-state index in [1.807, 2.05) is 0 Å². The van der Waals surface area contributed by atoms with Crippen LogP contribution in [-0.2, 0) is 14.6 Å². The first-order valence-corrected chi connectivity index (χ1v) is 9.88. The highest BCUT2D eigenvalue weighted by molar-refractivity contribution is 7.92. The van der Waals surface area contributed by atoms with Gasteiger partial charge in [0.15, 0.2) is 9.84 Å². The van der Waals surface area contributed by atoms with Gasteiger partial charge in [-0.1, -0.05) is 0 Å². The fraction of sp³-hybridized carbons (Fsp3) is 0.588. The largest absolute Gasteiger partial charge is 0.496 e. The van der Waals surface area contributed by atoms with Crippen LogP contribution in [0.3, 0.4) is 0 Å². The third-order valence-electron chi connectivity index (χ3n) is 4.51. The molecule has 0 bridgehead atoms. The van der Waals surface area contributed by atoms with Gasteiger partial charge in [0.1, 0.15) is 17.3 Å². The molecule has 1 aliphatic carbocycles. The molecule has 0 aromatic heterocycles. The Balaban J connectivity index is 2.26. The van der Waals surface area contributed by atoms with E-state index in [2.05, 4.69) is 5.32 Å². The van der Waals surface area contributed by atoms with Gasteiger partial charge in [0, 0.05) is 5.56 Å². The summed E-state index contributed by atoms with van der Waals surface area (Å²) < 4.78 is 42.9. The summed E-state index contributed by atoms with van der Waals surface area (Å²) in [5.41, 5.74) is 0.440. The Bertz CT molecular complexity index is 729. The van der Waals surface area contributed by atoms with Crippen LogP contribution in [0.1, 0.15) is 38.3 Å². The van der Waals surface area contributed by atoms with E-state index in [1.165, 1.54) is 39.2 Å². The topological polar surface area (TPSA) is 92.7 Å². The van der Waals surface area contributed by atoms with Gasteiger partial charge in [-0.05, 0) is 50.8 Å². The molecule has 1 atom stereocenters. The fourth-order valence-electron chi connectivity index (χ4n) is 2.86. The number of aliphatic hydroxyl groups excluding tert-OH is 1. The van der Waals surface area contributed by atoms with Gasteiger partial charge in [0.2, 0.25) is 5.91 Å². The van der Waals surface area contributed by atoms with Crippen molar-refractivity contribution in [2.75, 3.05) is 12.9 Å². The number of benzene rings is 1. The van der Waals surface area contributed by atoms with Gasteiger partial charge in [-0.3, -0.25) is 4.79 Å². The maximum absolute atomic E-state index is 13.7. The lowest BCUT2D eigenvalue weighted by Crippen LogP contribution is -2.43. The van der Waals surface area contributed by atoms with Gasteiger partial charge in [0.25, 0.3) is 0 Å². The van der Waals surface area contributed by atoms with Crippen molar-refractivity contribution < 1.29 is 27.4 Å². The number of hydrogen-bond acceptors (Lipinski definition) is 5. The van der Waals surface area contributed by atoms with Crippen LogP contribution in [0.25, 0.3) is 0 Å². The third-order valence-corrected chi connectivity index (χ3v) is 6.62. The lowest BCUT2D eigenvalue weighted by molar-refractivity contribution is -0.120. The molecule has 25 heavy (non-hydrogen) atoms. The molecule has 0 saturated heterocycles. The fourth-order valence-corrected chi connectivity index (χ4v) is 3.65. The second kappa shape index (κ2) is 7.70. The molecule has 1 aromatic carbocycles. The van der Waals surface area contributed by atoms with Crippen LogP contribution in [0.5, 0.6) is 5.75 Å². The van der Waals surface area contributed by atoms with Crippen molar-refractivity contribution in [2.24, 2.45) is 5.92 Å². The monoisotopic (exact) mass is 373 g/mol. The lowest BCUT2D eigenvalue weighted by Gasteiger charge is -2.38. The van der Waals surface area contributed by atoms with Gasteiger partial charge < -0.3 is 15.2 Å². The molecule has 0 heterocycles. The molecule has 0 unspecified atom stereocenters. The molecule has 1 saturated carbocycles. The summed E-state index contributed by atoms with van der Waals surface area (Å²) in [6, 6.07) is 3.36. The number of hydrogen-bond donors (Lipinski definition) is 2. The zero-order chi connectivity index (χ0) is 18.8. The Morgan fingerprint density at radius 1 is 1.40 bits per heavy atom. The summed E-state index contributed by atoms with van der Waals surface area (Å²) in [5.74, 6) is -1.47. The van der Waals surface area contributed by atoms with E-state index in [0.717, 1.165) is 0 Å². The molecule has 1 fully saturated rings. The summed E-state index contributed by atoms with van der Waals surface area (Å²) >= 11 is 0. The highest BCUT2D eigenvalue weighted by atomic mass is 32.2. The molecule has 0 aliphatic heterocycles. The summed E-state index contributed by atoms with van der Waals surface area (Å²) in [7, 11) is -2.10. The maximum Gasteiger partial charge on any atom is 0.235 e. The molecular weight excluding hydrogens is 349 g/mol. The number of amides is 1. The lowest BCUT2D eigenvalue weighted by atomic mass is 9.75. The van der Waals surface area contributed by atoms with Crippen molar-refractivity contribution in [1.82, 2.24) is 5.32 Å². The van der Waals surface area contributed by atoms with Crippen LogP contribution < -0.4 is 10.1 Å². The minimum absolute atomic E-state index is 0.114. The smallest absolute Gasteiger partial charge is 0.235 e. The molecule has 1 aromatic rings. The third kappa shape index (κ3) is 4.70. The highest BCUT2D eigenvalue weighted by Crippen LogP contribution is 2.41. The highest BCUT2D eigenvalue weighted by Gasteiger charge is 2.37. The van der Waals surface area contributed by atoms with E-state index in [1.54, 1.807) is 0 Å². The molecule has 2 rings (SSSR count). The first-order chi connectivity index (χ1) is 11.6. The Labute approximate surface area is 147 Å². The Hall–Kier alpha value is -1.67. The van der Waals surface area contributed by atoms with E-state index >= 15 is 0 Å². The number of methoxy groups -OCH3 is 1. The number of carbonyl (C=O) groups excluding carboxylic acids is 1. The van der Waals surface area contributed by atoms with Crippen LogP contribution in [0.15, 0.2) is 18.2 Å². The Morgan fingerprint density at radius 3 is 2.56 bits per heavy atom. The Kier molecular flexibility index (Phi) is 6.05. The summed E-state index contributed by atoms with van der Waals surface area (Å²) in [6.45, 7) is 3.02. The first kappa shape index (κ1) is 19.7. The number of aliphatic hydroxyl groups is 1. The minimum Gasteiger partial charge on any atom is -0.496 e.